The lowest BCUT2D eigenvalue weighted by molar-refractivity contribution is -0.122. The van der Waals surface area contributed by atoms with Crippen molar-refractivity contribution >= 4 is 21.6 Å². The van der Waals surface area contributed by atoms with Gasteiger partial charge < -0.3 is 5.32 Å². The summed E-state index contributed by atoms with van der Waals surface area (Å²) in [6.07, 6.45) is 3.07. The largest absolute Gasteiger partial charge is 0.354 e. The van der Waals surface area contributed by atoms with Crippen molar-refractivity contribution < 1.29 is 13.2 Å². The summed E-state index contributed by atoms with van der Waals surface area (Å²) in [5.41, 5.74) is 2.80. The Balaban J connectivity index is 2.07. The van der Waals surface area contributed by atoms with Crippen LogP contribution < -0.4 is 9.62 Å². The third-order valence-corrected chi connectivity index (χ3v) is 4.94. The van der Waals surface area contributed by atoms with Gasteiger partial charge in [0.1, 0.15) is 0 Å². The number of amides is 1. The van der Waals surface area contributed by atoms with E-state index in [0.29, 0.717) is 12.2 Å². The molecule has 0 radical (unpaired) electrons. The van der Waals surface area contributed by atoms with Gasteiger partial charge in [-0.1, -0.05) is 6.07 Å². The van der Waals surface area contributed by atoms with E-state index in [2.05, 4.69) is 5.32 Å². The predicted molar refractivity (Wildman–Crippen MR) is 83.8 cm³/mol. The highest BCUT2D eigenvalue weighted by Gasteiger charge is 2.29. The van der Waals surface area contributed by atoms with Crippen LogP contribution in [-0.2, 0) is 14.8 Å². The van der Waals surface area contributed by atoms with Gasteiger partial charge in [-0.2, -0.15) is 0 Å². The van der Waals surface area contributed by atoms with Crippen LogP contribution in [0.4, 0.5) is 5.69 Å². The molecule has 0 heterocycles. The molecule has 1 aliphatic carbocycles. The topological polar surface area (TPSA) is 66.5 Å². The highest BCUT2D eigenvalue weighted by atomic mass is 32.2. The summed E-state index contributed by atoms with van der Waals surface area (Å²) in [7, 11) is -3.37. The van der Waals surface area contributed by atoms with Gasteiger partial charge in [0.15, 0.2) is 0 Å². The molecule has 1 amide bonds. The van der Waals surface area contributed by atoms with Crippen LogP contribution in [0, 0.1) is 19.8 Å². The van der Waals surface area contributed by atoms with E-state index in [1.54, 1.807) is 6.07 Å². The molecule has 6 heteroatoms. The third-order valence-electron chi connectivity index (χ3n) is 3.74. The standard InChI is InChI=1S/C15H22N2O3S/c1-11-4-7-14(10-12(11)2)17(21(3,19)20)9-8-16-15(18)13-5-6-13/h4,7,10,13H,5-6,8-9H2,1-3H3,(H,16,18). The molecule has 1 saturated carbocycles. The summed E-state index contributed by atoms with van der Waals surface area (Å²) < 4.78 is 25.3. The van der Waals surface area contributed by atoms with Gasteiger partial charge >= 0.3 is 0 Å². The fourth-order valence-corrected chi connectivity index (χ4v) is 3.06. The number of nitrogens with one attached hydrogen (secondary N) is 1. The zero-order valence-corrected chi connectivity index (χ0v) is 13.5. The number of carbonyl (C=O) groups excluding carboxylic acids is 1. The number of carbonyl (C=O) groups is 1. The molecule has 0 saturated heterocycles. The Morgan fingerprint density at radius 2 is 1.95 bits per heavy atom. The Kier molecular flexibility index (Phi) is 4.56. The number of anilines is 1. The van der Waals surface area contributed by atoms with Gasteiger partial charge in [-0.25, -0.2) is 8.42 Å². The molecule has 0 spiro atoms. The molecule has 116 valence electrons. The van der Waals surface area contributed by atoms with E-state index in [1.165, 1.54) is 10.6 Å². The summed E-state index contributed by atoms with van der Waals surface area (Å²) in [6.45, 7) is 4.52. The molecule has 1 aliphatic rings. The van der Waals surface area contributed by atoms with Crippen molar-refractivity contribution in [3.63, 3.8) is 0 Å². The molecule has 0 unspecified atom stereocenters. The lowest BCUT2D eigenvalue weighted by atomic mass is 10.1. The Morgan fingerprint density at radius 1 is 1.29 bits per heavy atom. The first kappa shape index (κ1) is 15.8. The highest BCUT2D eigenvalue weighted by molar-refractivity contribution is 7.92. The predicted octanol–water partition coefficient (Wildman–Crippen LogP) is 1.60. The SMILES string of the molecule is Cc1ccc(N(CCNC(=O)C2CC2)S(C)(=O)=O)cc1C. The van der Waals surface area contributed by atoms with Gasteiger partial charge in [0.05, 0.1) is 18.5 Å². The van der Waals surface area contributed by atoms with Crippen molar-refractivity contribution in [2.75, 3.05) is 23.7 Å². The first-order chi connectivity index (χ1) is 9.79. The van der Waals surface area contributed by atoms with Gasteiger partial charge in [-0.3, -0.25) is 9.10 Å². The minimum atomic E-state index is -3.37. The van der Waals surface area contributed by atoms with Crippen molar-refractivity contribution in [3.05, 3.63) is 29.3 Å². The van der Waals surface area contributed by atoms with Crippen LogP contribution in [0.2, 0.25) is 0 Å². The summed E-state index contributed by atoms with van der Waals surface area (Å²) in [5, 5.41) is 2.80. The number of nitrogens with zero attached hydrogens (tertiary/aromatic N) is 1. The minimum absolute atomic E-state index is 0.0311. The van der Waals surface area contributed by atoms with E-state index in [-0.39, 0.29) is 18.4 Å². The fraction of sp³-hybridized carbons (Fsp3) is 0.533. The van der Waals surface area contributed by atoms with Gasteiger partial charge in [-0.05, 0) is 49.9 Å². The smallest absolute Gasteiger partial charge is 0.232 e. The van der Waals surface area contributed by atoms with E-state index in [9.17, 15) is 13.2 Å². The Hall–Kier alpha value is -1.56. The van der Waals surface area contributed by atoms with Crippen molar-refractivity contribution in [1.82, 2.24) is 5.32 Å². The molecule has 1 aromatic carbocycles. The van der Waals surface area contributed by atoms with Gasteiger partial charge in [0, 0.05) is 12.5 Å². The van der Waals surface area contributed by atoms with Crippen LogP contribution in [0.3, 0.4) is 0 Å². The quantitative estimate of drug-likeness (QED) is 0.868. The number of rotatable bonds is 6. The van der Waals surface area contributed by atoms with E-state index in [4.69, 9.17) is 0 Å². The average molecular weight is 310 g/mol. The zero-order chi connectivity index (χ0) is 15.6. The molecule has 1 fully saturated rings. The summed E-state index contributed by atoms with van der Waals surface area (Å²) >= 11 is 0. The lowest BCUT2D eigenvalue weighted by Crippen LogP contribution is -2.38. The molecule has 0 aliphatic heterocycles. The van der Waals surface area contributed by atoms with Crippen LogP contribution in [0.1, 0.15) is 24.0 Å². The first-order valence-corrected chi connectivity index (χ1v) is 8.96. The molecule has 0 bridgehead atoms. The molecular weight excluding hydrogens is 288 g/mol. The first-order valence-electron chi connectivity index (χ1n) is 7.11. The van der Waals surface area contributed by atoms with Crippen molar-refractivity contribution in [1.29, 1.82) is 0 Å². The summed E-state index contributed by atoms with van der Waals surface area (Å²) in [6, 6.07) is 5.57. The van der Waals surface area contributed by atoms with Gasteiger partial charge in [-0.15, -0.1) is 0 Å². The van der Waals surface area contributed by atoms with Gasteiger partial charge in [0.2, 0.25) is 15.9 Å². The lowest BCUT2D eigenvalue weighted by Gasteiger charge is -2.23. The van der Waals surface area contributed by atoms with Crippen LogP contribution in [0.25, 0.3) is 0 Å². The fourth-order valence-electron chi connectivity index (χ4n) is 2.14. The molecule has 0 atom stereocenters. The number of benzene rings is 1. The van der Waals surface area contributed by atoms with Crippen molar-refractivity contribution in [2.45, 2.75) is 26.7 Å². The molecular formula is C15H22N2O3S. The second-order valence-electron chi connectivity index (χ2n) is 5.67. The average Bonchev–Trinajstić information content (AvgIpc) is 3.21. The molecule has 2 rings (SSSR count). The maximum atomic E-state index is 12.0. The van der Waals surface area contributed by atoms with Crippen LogP contribution >= 0.6 is 0 Å². The van der Waals surface area contributed by atoms with Crippen molar-refractivity contribution in [2.24, 2.45) is 5.92 Å². The third kappa shape index (κ3) is 4.20. The zero-order valence-electron chi connectivity index (χ0n) is 12.7. The maximum Gasteiger partial charge on any atom is 0.232 e. The van der Waals surface area contributed by atoms with Crippen LogP contribution in [0.5, 0.6) is 0 Å². The van der Waals surface area contributed by atoms with Crippen LogP contribution in [-0.4, -0.2) is 33.7 Å². The van der Waals surface area contributed by atoms with E-state index < -0.39 is 10.0 Å². The number of hydrogen-bond donors (Lipinski definition) is 1. The maximum absolute atomic E-state index is 12.0. The summed E-state index contributed by atoms with van der Waals surface area (Å²) in [5.74, 6) is 0.168. The van der Waals surface area contributed by atoms with E-state index >= 15 is 0 Å². The molecule has 0 aromatic heterocycles. The summed E-state index contributed by atoms with van der Waals surface area (Å²) in [4.78, 5) is 11.6. The molecule has 21 heavy (non-hydrogen) atoms. The van der Waals surface area contributed by atoms with E-state index in [1.807, 2.05) is 26.0 Å². The van der Waals surface area contributed by atoms with E-state index in [0.717, 1.165) is 24.0 Å². The Labute approximate surface area is 126 Å². The monoisotopic (exact) mass is 310 g/mol. The Bertz CT molecular complexity index is 636. The highest BCUT2D eigenvalue weighted by Crippen LogP contribution is 2.28. The molecule has 1 aromatic rings. The second-order valence-corrected chi connectivity index (χ2v) is 7.58. The molecule has 5 nitrogen and oxygen atoms in total. The van der Waals surface area contributed by atoms with Gasteiger partial charge in [0.25, 0.3) is 0 Å². The second kappa shape index (κ2) is 6.05. The molecule has 1 N–H and O–H groups in total. The number of hydrogen-bond acceptors (Lipinski definition) is 3. The van der Waals surface area contributed by atoms with Crippen LogP contribution in [0.15, 0.2) is 18.2 Å². The Morgan fingerprint density at radius 3 is 2.48 bits per heavy atom. The minimum Gasteiger partial charge on any atom is -0.354 e. The van der Waals surface area contributed by atoms with Crippen molar-refractivity contribution in [3.8, 4) is 0 Å². The normalized spacial score (nSPS) is 14.8. The number of aryl methyl sites for hydroxylation is 2. The number of sulfonamides is 1.